The first-order valence-corrected chi connectivity index (χ1v) is 16.9. The minimum absolute atomic E-state index is 0.0444. The largest absolute Gasteiger partial charge is 0.506 e. The van der Waals surface area contributed by atoms with Crippen molar-refractivity contribution in [3.63, 3.8) is 0 Å². The van der Waals surface area contributed by atoms with Gasteiger partial charge in [0.2, 0.25) is 11.7 Å². The maximum absolute atomic E-state index is 13.9. The van der Waals surface area contributed by atoms with Gasteiger partial charge in [-0.05, 0) is 78.0 Å². The van der Waals surface area contributed by atoms with Crippen LogP contribution in [-0.4, -0.2) is 52.1 Å². The average molecular weight is 605 g/mol. The molecule has 0 atom stereocenters. The van der Waals surface area contributed by atoms with Crippen LogP contribution >= 0.6 is 0 Å². The quantitative estimate of drug-likeness (QED) is 0.166. The predicted octanol–water partition coefficient (Wildman–Crippen LogP) is 7.95. The zero-order valence-electron chi connectivity index (χ0n) is 27.7. The molecular weight excluding hydrogens is 552 g/mol. The first kappa shape index (κ1) is 33.5. The van der Waals surface area contributed by atoms with Crippen LogP contribution in [0.5, 0.6) is 0 Å². The summed E-state index contributed by atoms with van der Waals surface area (Å²) in [5.41, 5.74) is 2.31. The Kier molecular flexibility index (Phi) is 11.1. The lowest BCUT2D eigenvalue weighted by molar-refractivity contribution is -0.130. The Balaban J connectivity index is 1.69. The fraction of sp³-hybridized carbons (Fsp3) is 0.611. The number of unbranched alkanes of at least 4 members (excludes halogenated alkanes) is 4. The standard InChI is InChI=1S/C36H52N4O4/c1-7-10-11-12-13-18-29(41)37-28-23-25(39(8-2)9-3)20-21-26(28)30-33(42)32(34(30)43)31-27(22-19-24-16-14-15-17-24)38-40(35(31)44)36(4,5)6/h20-21,23-24,42H,7-19,22H2,1-6H3,(H,37,41). The van der Waals surface area contributed by atoms with E-state index in [0.29, 0.717) is 35.7 Å². The van der Waals surface area contributed by atoms with Crippen molar-refractivity contribution in [1.82, 2.24) is 5.01 Å². The molecule has 1 aromatic carbocycles. The Hall–Kier alpha value is -3.42. The molecule has 0 aromatic heterocycles. The van der Waals surface area contributed by atoms with Crippen molar-refractivity contribution in [1.29, 1.82) is 0 Å². The SMILES string of the molecule is CCCCCCCC(=O)Nc1cc(N(CC)CC)ccc1C1=C(O)C(=C2C(=O)N(C(C)(C)C)N=C2CCC2CCCC2)C1=O. The van der Waals surface area contributed by atoms with Crippen molar-refractivity contribution in [3.8, 4) is 0 Å². The predicted molar refractivity (Wildman–Crippen MR) is 179 cm³/mol. The molecule has 1 aliphatic heterocycles. The number of hydrogen-bond acceptors (Lipinski definition) is 6. The first-order chi connectivity index (χ1) is 21.0. The normalized spacial score (nSPS) is 19.1. The molecule has 0 saturated heterocycles. The molecule has 44 heavy (non-hydrogen) atoms. The summed E-state index contributed by atoms with van der Waals surface area (Å²) < 4.78 is 0. The van der Waals surface area contributed by atoms with Crippen molar-refractivity contribution in [2.24, 2.45) is 11.0 Å². The van der Waals surface area contributed by atoms with Gasteiger partial charge in [0.15, 0.2) is 0 Å². The number of hydrogen-bond donors (Lipinski definition) is 2. The van der Waals surface area contributed by atoms with Crippen LogP contribution in [0, 0.1) is 5.92 Å². The number of aliphatic hydroxyl groups is 1. The Morgan fingerprint density at radius 1 is 1.00 bits per heavy atom. The molecule has 0 spiro atoms. The number of carbonyl (C=O) groups excluding carboxylic acids is 3. The highest BCUT2D eigenvalue weighted by molar-refractivity contribution is 6.44. The van der Waals surface area contributed by atoms with Gasteiger partial charge in [-0.3, -0.25) is 14.4 Å². The molecule has 1 heterocycles. The lowest BCUT2D eigenvalue weighted by atomic mass is 9.78. The lowest BCUT2D eigenvalue weighted by Gasteiger charge is -2.29. The highest BCUT2D eigenvalue weighted by atomic mass is 16.3. The molecule has 8 heteroatoms. The van der Waals surface area contributed by atoms with Gasteiger partial charge in [-0.1, -0.05) is 58.3 Å². The van der Waals surface area contributed by atoms with Gasteiger partial charge < -0.3 is 15.3 Å². The number of aliphatic hydroxyl groups excluding tert-OH is 1. The van der Waals surface area contributed by atoms with E-state index >= 15 is 0 Å². The van der Waals surface area contributed by atoms with Gasteiger partial charge in [-0.25, -0.2) is 5.01 Å². The van der Waals surface area contributed by atoms with Crippen LogP contribution in [0.1, 0.15) is 124 Å². The number of rotatable bonds is 14. The van der Waals surface area contributed by atoms with Crippen LogP contribution in [0.25, 0.3) is 5.57 Å². The molecule has 0 unspecified atom stereocenters. The summed E-state index contributed by atoms with van der Waals surface area (Å²) >= 11 is 0. The molecule has 2 amide bonds. The summed E-state index contributed by atoms with van der Waals surface area (Å²) in [6, 6.07) is 5.59. The van der Waals surface area contributed by atoms with Gasteiger partial charge in [-0.15, -0.1) is 0 Å². The van der Waals surface area contributed by atoms with Crippen LogP contribution in [0.15, 0.2) is 40.2 Å². The summed E-state index contributed by atoms with van der Waals surface area (Å²) in [7, 11) is 0. The highest BCUT2D eigenvalue weighted by Gasteiger charge is 2.46. The second-order valence-corrected chi connectivity index (χ2v) is 13.4. The van der Waals surface area contributed by atoms with Crippen molar-refractivity contribution in [3.05, 3.63) is 40.7 Å². The molecule has 1 aromatic rings. The summed E-state index contributed by atoms with van der Waals surface area (Å²) in [5, 5.41) is 20.6. The van der Waals surface area contributed by atoms with Crippen molar-refractivity contribution in [2.75, 3.05) is 23.3 Å². The molecular formula is C36H52N4O4. The van der Waals surface area contributed by atoms with Gasteiger partial charge in [0, 0.05) is 30.8 Å². The Bertz CT molecular complexity index is 1340. The molecule has 0 bridgehead atoms. The second kappa shape index (κ2) is 14.6. The maximum atomic E-state index is 13.9. The fourth-order valence-electron chi connectivity index (χ4n) is 6.59. The minimum atomic E-state index is -0.568. The number of carbonyl (C=O) groups is 3. The topological polar surface area (TPSA) is 102 Å². The maximum Gasteiger partial charge on any atom is 0.277 e. The number of Topliss-reactive ketones (excluding diaryl/α,β-unsaturated/α-hetero) is 1. The summed E-state index contributed by atoms with van der Waals surface area (Å²) in [6.07, 6.45) is 11.9. The molecule has 2 N–H and O–H groups in total. The van der Waals surface area contributed by atoms with E-state index in [9.17, 15) is 19.5 Å². The Morgan fingerprint density at radius 2 is 1.68 bits per heavy atom. The van der Waals surface area contributed by atoms with Gasteiger partial charge in [0.1, 0.15) is 5.76 Å². The molecule has 1 saturated carbocycles. The number of allylic oxidation sites excluding steroid dienone is 2. The van der Waals surface area contributed by atoms with Crippen LogP contribution in [0.3, 0.4) is 0 Å². The number of hydrazone groups is 1. The number of nitrogens with zero attached hydrogens (tertiary/aromatic N) is 3. The van der Waals surface area contributed by atoms with E-state index in [4.69, 9.17) is 5.10 Å². The average Bonchev–Trinajstić information content (AvgIpc) is 3.62. The molecule has 4 rings (SSSR count). The summed E-state index contributed by atoms with van der Waals surface area (Å²) in [6.45, 7) is 13.6. The van der Waals surface area contributed by atoms with Crippen molar-refractivity contribution >= 4 is 40.3 Å². The summed E-state index contributed by atoms with van der Waals surface area (Å²) in [4.78, 5) is 42.8. The number of amides is 2. The lowest BCUT2D eigenvalue weighted by Crippen LogP contribution is -2.40. The Labute approximate surface area is 263 Å². The van der Waals surface area contributed by atoms with E-state index in [1.807, 2.05) is 32.9 Å². The van der Waals surface area contributed by atoms with Gasteiger partial charge in [0.05, 0.1) is 33.7 Å². The third-order valence-corrected chi connectivity index (χ3v) is 9.18. The fourth-order valence-corrected chi connectivity index (χ4v) is 6.59. The second-order valence-electron chi connectivity index (χ2n) is 13.4. The molecule has 8 nitrogen and oxygen atoms in total. The zero-order valence-corrected chi connectivity index (χ0v) is 27.7. The van der Waals surface area contributed by atoms with Crippen molar-refractivity contribution < 1.29 is 19.5 Å². The van der Waals surface area contributed by atoms with Crippen LogP contribution in [-0.2, 0) is 14.4 Å². The van der Waals surface area contributed by atoms with E-state index in [0.717, 1.165) is 57.3 Å². The van der Waals surface area contributed by atoms with Gasteiger partial charge in [0.25, 0.3) is 5.91 Å². The number of ketones is 1. The minimum Gasteiger partial charge on any atom is -0.506 e. The van der Waals surface area contributed by atoms with E-state index < -0.39 is 5.54 Å². The number of benzene rings is 1. The third kappa shape index (κ3) is 7.27. The number of anilines is 2. The molecule has 0 radical (unpaired) electrons. The third-order valence-electron chi connectivity index (χ3n) is 9.18. The zero-order chi connectivity index (χ0) is 32.0. The van der Waals surface area contributed by atoms with Crippen LogP contribution < -0.4 is 10.2 Å². The Morgan fingerprint density at radius 3 is 2.30 bits per heavy atom. The molecule has 2 aliphatic carbocycles. The number of nitrogens with one attached hydrogen (secondary N) is 1. The van der Waals surface area contributed by atoms with Crippen LogP contribution in [0.2, 0.25) is 0 Å². The van der Waals surface area contributed by atoms with Crippen LogP contribution in [0.4, 0.5) is 11.4 Å². The monoisotopic (exact) mass is 604 g/mol. The van der Waals surface area contributed by atoms with E-state index in [2.05, 4.69) is 31.0 Å². The highest BCUT2D eigenvalue weighted by Crippen LogP contribution is 2.44. The molecule has 240 valence electrons. The molecule has 3 aliphatic rings. The van der Waals surface area contributed by atoms with Gasteiger partial charge >= 0.3 is 0 Å². The van der Waals surface area contributed by atoms with E-state index in [-0.39, 0.29) is 40.1 Å². The van der Waals surface area contributed by atoms with Crippen molar-refractivity contribution in [2.45, 2.75) is 124 Å². The first-order valence-electron chi connectivity index (χ1n) is 16.9. The van der Waals surface area contributed by atoms with Gasteiger partial charge in [-0.2, -0.15) is 5.10 Å². The summed E-state index contributed by atoms with van der Waals surface area (Å²) in [5.74, 6) is -0.449. The molecule has 1 fully saturated rings. The smallest absolute Gasteiger partial charge is 0.277 e. The van der Waals surface area contributed by atoms with E-state index in [1.165, 1.54) is 30.7 Å². The van der Waals surface area contributed by atoms with E-state index in [1.54, 1.807) is 6.07 Å².